The van der Waals surface area contributed by atoms with Gasteiger partial charge in [0.1, 0.15) is 18.1 Å². The molecule has 1 amide bonds. The molecular weight excluding hydrogens is 380 g/mol. The van der Waals surface area contributed by atoms with Crippen molar-refractivity contribution in [2.24, 2.45) is 0 Å². The number of hydrogen-bond donors (Lipinski definition) is 1. The quantitative estimate of drug-likeness (QED) is 0.646. The molecule has 28 heavy (non-hydrogen) atoms. The highest BCUT2D eigenvalue weighted by Gasteiger charge is 2.17. The average molecular weight is 407 g/mol. The summed E-state index contributed by atoms with van der Waals surface area (Å²) in [5.74, 6) is 0.963. The van der Waals surface area contributed by atoms with E-state index in [-0.39, 0.29) is 17.4 Å². The maximum Gasteiger partial charge on any atom is 0.260 e. The van der Waals surface area contributed by atoms with Gasteiger partial charge in [0.15, 0.2) is 6.10 Å². The van der Waals surface area contributed by atoms with Gasteiger partial charge in [-0.05, 0) is 49.7 Å². The molecule has 0 aliphatic carbocycles. The summed E-state index contributed by atoms with van der Waals surface area (Å²) in [4.78, 5) is 12.3. The summed E-state index contributed by atoms with van der Waals surface area (Å²) in [6.07, 6.45) is -0.628. The number of carbonyl (C=O) groups excluding carboxylic acids is 1. The number of nitrogens with one attached hydrogen (secondary N) is 1. The molecule has 2 rings (SSSR count). The molecule has 2 aromatic carbocycles. The molecule has 0 spiro atoms. The molecule has 0 aromatic heterocycles. The van der Waals surface area contributed by atoms with Crippen LogP contribution in [-0.2, 0) is 14.8 Å². The van der Waals surface area contributed by atoms with Crippen LogP contribution in [0.3, 0.4) is 0 Å². The van der Waals surface area contributed by atoms with Gasteiger partial charge in [-0.25, -0.2) is 12.7 Å². The zero-order valence-corrected chi connectivity index (χ0v) is 17.3. The first-order valence-corrected chi connectivity index (χ1v) is 10.3. The Morgan fingerprint density at radius 2 is 1.75 bits per heavy atom. The third-order valence-corrected chi connectivity index (χ3v) is 5.87. The maximum atomic E-state index is 12.1. The summed E-state index contributed by atoms with van der Waals surface area (Å²) in [5.41, 5.74) is 0.963. The number of hydrogen-bond acceptors (Lipinski definition) is 5. The van der Waals surface area contributed by atoms with Crippen LogP contribution in [0.15, 0.2) is 53.4 Å². The molecule has 0 saturated carbocycles. The second-order valence-corrected chi connectivity index (χ2v) is 8.58. The topological polar surface area (TPSA) is 84.9 Å². The fourth-order valence-electron chi connectivity index (χ4n) is 2.34. The van der Waals surface area contributed by atoms with E-state index in [2.05, 4.69) is 5.32 Å². The van der Waals surface area contributed by atoms with Crippen molar-refractivity contribution in [2.45, 2.75) is 24.8 Å². The van der Waals surface area contributed by atoms with E-state index in [9.17, 15) is 13.2 Å². The number of nitrogens with zero attached hydrogens (tertiary/aromatic N) is 1. The van der Waals surface area contributed by atoms with Gasteiger partial charge in [0.2, 0.25) is 10.0 Å². The lowest BCUT2D eigenvalue weighted by molar-refractivity contribution is -0.127. The Kier molecular flexibility index (Phi) is 7.42. The summed E-state index contributed by atoms with van der Waals surface area (Å²) in [5, 5.41) is 2.75. The predicted molar refractivity (Wildman–Crippen MR) is 107 cm³/mol. The average Bonchev–Trinajstić information content (AvgIpc) is 2.67. The normalized spacial score (nSPS) is 12.5. The summed E-state index contributed by atoms with van der Waals surface area (Å²) in [6, 6.07) is 13.7. The molecule has 2 aromatic rings. The molecule has 8 heteroatoms. The van der Waals surface area contributed by atoms with Crippen molar-refractivity contribution in [1.82, 2.24) is 9.62 Å². The van der Waals surface area contributed by atoms with E-state index >= 15 is 0 Å². The minimum atomic E-state index is -3.46. The van der Waals surface area contributed by atoms with Crippen LogP contribution in [0.25, 0.3) is 0 Å². The molecule has 1 atom stereocenters. The Balaban J connectivity index is 1.78. The number of sulfonamides is 1. The lowest BCUT2D eigenvalue weighted by Gasteiger charge is -2.16. The zero-order valence-electron chi connectivity index (χ0n) is 16.5. The van der Waals surface area contributed by atoms with E-state index in [1.165, 1.54) is 26.2 Å². The van der Waals surface area contributed by atoms with Crippen LogP contribution >= 0.6 is 0 Å². The van der Waals surface area contributed by atoms with Crippen LogP contribution in [0.1, 0.15) is 12.5 Å². The molecular formula is C20H26N2O5S. The number of rotatable bonds is 9. The fourth-order valence-corrected chi connectivity index (χ4v) is 3.24. The van der Waals surface area contributed by atoms with Gasteiger partial charge in [0, 0.05) is 14.1 Å². The summed E-state index contributed by atoms with van der Waals surface area (Å²) >= 11 is 0. The Bertz CT molecular complexity index is 895. The van der Waals surface area contributed by atoms with E-state index in [1.54, 1.807) is 19.1 Å². The zero-order chi connectivity index (χ0) is 20.7. The van der Waals surface area contributed by atoms with Gasteiger partial charge in [-0.1, -0.05) is 18.2 Å². The first kappa shape index (κ1) is 21.7. The molecule has 7 nitrogen and oxygen atoms in total. The molecule has 0 radical (unpaired) electrons. The Morgan fingerprint density at radius 3 is 2.36 bits per heavy atom. The highest BCUT2D eigenvalue weighted by Crippen LogP contribution is 2.19. The molecule has 0 aliphatic heterocycles. The molecule has 0 bridgehead atoms. The number of para-hydroxylation sites is 1. The molecule has 0 aliphatic rings. The van der Waals surface area contributed by atoms with Crippen LogP contribution in [0.2, 0.25) is 0 Å². The molecule has 0 unspecified atom stereocenters. The minimum absolute atomic E-state index is 0.195. The van der Waals surface area contributed by atoms with Crippen LogP contribution in [0.5, 0.6) is 11.5 Å². The van der Waals surface area contributed by atoms with Gasteiger partial charge < -0.3 is 14.8 Å². The van der Waals surface area contributed by atoms with Crippen molar-refractivity contribution in [2.75, 3.05) is 27.2 Å². The van der Waals surface area contributed by atoms with Gasteiger partial charge in [-0.3, -0.25) is 4.79 Å². The fraction of sp³-hybridized carbons (Fsp3) is 0.350. The van der Waals surface area contributed by atoms with Crippen LogP contribution in [0.4, 0.5) is 0 Å². The lowest BCUT2D eigenvalue weighted by atomic mass is 10.2. The molecule has 152 valence electrons. The van der Waals surface area contributed by atoms with E-state index in [4.69, 9.17) is 9.47 Å². The molecule has 1 N–H and O–H groups in total. The van der Waals surface area contributed by atoms with Gasteiger partial charge in [0.25, 0.3) is 5.91 Å². The maximum absolute atomic E-state index is 12.1. The summed E-state index contributed by atoms with van der Waals surface area (Å²) in [6.45, 7) is 4.16. The Labute approximate surface area is 166 Å². The monoisotopic (exact) mass is 406 g/mol. The standard InChI is InChI=1S/C20H26N2O5S/c1-15-7-5-6-8-19(15)27-16(2)20(23)21-13-14-26-17-9-11-18(12-10-17)28(24,25)22(3)4/h5-12,16H,13-14H2,1-4H3,(H,21,23)/t16-/m0/s1. The Morgan fingerprint density at radius 1 is 1.11 bits per heavy atom. The summed E-state index contributed by atoms with van der Waals surface area (Å²) < 4.78 is 36.4. The number of aryl methyl sites for hydroxylation is 1. The number of benzene rings is 2. The van der Waals surface area contributed by atoms with Gasteiger partial charge in [-0.15, -0.1) is 0 Å². The van der Waals surface area contributed by atoms with Crippen LogP contribution < -0.4 is 14.8 Å². The van der Waals surface area contributed by atoms with Crippen molar-refractivity contribution < 1.29 is 22.7 Å². The van der Waals surface area contributed by atoms with Crippen molar-refractivity contribution in [3.8, 4) is 11.5 Å². The van der Waals surface area contributed by atoms with Gasteiger partial charge >= 0.3 is 0 Å². The van der Waals surface area contributed by atoms with E-state index in [0.717, 1.165) is 9.87 Å². The largest absolute Gasteiger partial charge is 0.492 e. The number of amides is 1. The number of ether oxygens (including phenoxy) is 2. The lowest BCUT2D eigenvalue weighted by Crippen LogP contribution is -2.38. The van der Waals surface area contributed by atoms with Gasteiger partial charge in [0.05, 0.1) is 11.4 Å². The van der Waals surface area contributed by atoms with E-state index in [1.807, 2.05) is 31.2 Å². The predicted octanol–water partition coefficient (Wildman–Crippen LogP) is 2.21. The third-order valence-electron chi connectivity index (χ3n) is 4.04. The highest BCUT2D eigenvalue weighted by molar-refractivity contribution is 7.89. The van der Waals surface area contributed by atoms with Crippen LogP contribution in [-0.4, -0.2) is 52.0 Å². The molecule has 0 heterocycles. The number of carbonyl (C=O) groups is 1. The minimum Gasteiger partial charge on any atom is -0.492 e. The molecule has 0 fully saturated rings. The second-order valence-electron chi connectivity index (χ2n) is 6.42. The van der Waals surface area contributed by atoms with E-state index < -0.39 is 16.1 Å². The van der Waals surface area contributed by atoms with Crippen molar-refractivity contribution in [3.05, 3.63) is 54.1 Å². The van der Waals surface area contributed by atoms with Crippen molar-refractivity contribution >= 4 is 15.9 Å². The first-order chi connectivity index (χ1) is 13.2. The highest BCUT2D eigenvalue weighted by atomic mass is 32.2. The Hall–Kier alpha value is -2.58. The van der Waals surface area contributed by atoms with Crippen molar-refractivity contribution in [3.63, 3.8) is 0 Å². The SMILES string of the molecule is Cc1ccccc1O[C@@H](C)C(=O)NCCOc1ccc(S(=O)(=O)N(C)C)cc1. The third kappa shape index (κ3) is 5.71. The smallest absolute Gasteiger partial charge is 0.260 e. The van der Waals surface area contributed by atoms with E-state index in [0.29, 0.717) is 18.0 Å². The van der Waals surface area contributed by atoms with Gasteiger partial charge in [-0.2, -0.15) is 0 Å². The molecule has 0 saturated heterocycles. The van der Waals surface area contributed by atoms with Crippen molar-refractivity contribution in [1.29, 1.82) is 0 Å². The summed E-state index contributed by atoms with van der Waals surface area (Å²) in [7, 11) is -0.505. The van der Waals surface area contributed by atoms with Crippen LogP contribution in [0, 0.1) is 6.92 Å². The first-order valence-electron chi connectivity index (χ1n) is 8.87. The second kappa shape index (κ2) is 9.57.